The van der Waals surface area contributed by atoms with Crippen LogP contribution < -0.4 is 0 Å². The summed E-state index contributed by atoms with van der Waals surface area (Å²) in [5.41, 5.74) is 1.21. The zero-order valence-corrected chi connectivity index (χ0v) is 12.1. The number of rotatable bonds is 7. The number of nitrogens with zero attached hydrogens (tertiary/aromatic N) is 1. The molecule has 0 spiro atoms. The van der Waals surface area contributed by atoms with Crippen molar-refractivity contribution in [2.45, 2.75) is 19.0 Å². The van der Waals surface area contributed by atoms with Crippen molar-refractivity contribution >= 4 is 17.7 Å². The molecule has 100 valence electrons. The fraction of sp³-hybridized carbons (Fsp3) is 0.500. The molecule has 1 rings (SSSR count). The van der Waals surface area contributed by atoms with E-state index in [2.05, 4.69) is 17.0 Å². The maximum atomic E-state index is 11.8. The van der Waals surface area contributed by atoms with Crippen LogP contribution >= 0.6 is 11.8 Å². The summed E-state index contributed by atoms with van der Waals surface area (Å²) < 4.78 is 4.88. The van der Waals surface area contributed by atoms with Crippen molar-refractivity contribution < 1.29 is 9.53 Å². The van der Waals surface area contributed by atoms with E-state index >= 15 is 0 Å². The smallest absolute Gasteiger partial charge is 0.323 e. The second kappa shape index (κ2) is 8.16. The molecule has 0 unspecified atom stereocenters. The first-order valence-electron chi connectivity index (χ1n) is 6.00. The van der Waals surface area contributed by atoms with Gasteiger partial charge in [0.05, 0.1) is 7.11 Å². The number of hydrogen-bond acceptors (Lipinski definition) is 4. The van der Waals surface area contributed by atoms with Gasteiger partial charge in [-0.2, -0.15) is 11.8 Å². The lowest BCUT2D eigenvalue weighted by molar-refractivity contribution is -0.146. The highest BCUT2D eigenvalue weighted by atomic mass is 32.2. The highest BCUT2D eigenvalue weighted by Gasteiger charge is 2.23. The number of carbonyl (C=O) groups is 1. The number of methoxy groups -OCH3 is 1. The quantitative estimate of drug-likeness (QED) is 0.710. The minimum Gasteiger partial charge on any atom is -0.468 e. The van der Waals surface area contributed by atoms with Gasteiger partial charge in [-0.25, -0.2) is 0 Å². The minimum atomic E-state index is -0.164. The van der Waals surface area contributed by atoms with E-state index in [9.17, 15) is 4.79 Å². The zero-order chi connectivity index (χ0) is 13.4. The van der Waals surface area contributed by atoms with Crippen molar-refractivity contribution in [1.29, 1.82) is 0 Å². The number of thioether (sulfide) groups is 1. The molecule has 0 amide bonds. The summed E-state index contributed by atoms with van der Waals surface area (Å²) in [4.78, 5) is 13.8. The average molecular weight is 267 g/mol. The predicted molar refractivity (Wildman–Crippen MR) is 76.7 cm³/mol. The van der Waals surface area contributed by atoms with Crippen molar-refractivity contribution in [3.8, 4) is 0 Å². The third-order valence-electron chi connectivity index (χ3n) is 2.88. The number of esters is 1. The Morgan fingerprint density at radius 2 is 2.06 bits per heavy atom. The average Bonchev–Trinajstić information content (AvgIpc) is 2.40. The van der Waals surface area contributed by atoms with Gasteiger partial charge in [0.1, 0.15) is 6.04 Å². The van der Waals surface area contributed by atoms with Gasteiger partial charge in [-0.15, -0.1) is 0 Å². The first-order chi connectivity index (χ1) is 8.69. The van der Waals surface area contributed by atoms with Crippen LogP contribution in [0.25, 0.3) is 0 Å². The zero-order valence-electron chi connectivity index (χ0n) is 11.3. The third kappa shape index (κ3) is 4.70. The molecule has 3 nitrogen and oxygen atoms in total. The van der Waals surface area contributed by atoms with E-state index < -0.39 is 0 Å². The molecule has 0 radical (unpaired) electrons. The molecular formula is C14H21NO2S. The fourth-order valence-corrected chi connectivity index (χ4v) is 2.32. The highest BCUT2D eigenvalue weighted by molar-refractivity contribution is 7.98. The highest BCUT2D eigenvalue weighted by Crippen LogP contribution is 2.12. The molecule has 0 aromatic heterocycles. The summed E-state index contributed by atoms with van der Waals surface area (Å²) in [6.07, 6.45) is 2.86. The molecule has 0 N–H and O–H groups in total. The summed E-state index contributed by atoms with van der Waals surface area (Å²) in [6.45, 7) is 0.759. The van der Waals surface area contributed by atoms with Crippen LogP contribution in [0.5, 0.6) is 0 Å². The van der Waals surface area contributed by atoms with Gasteiger partial charge in [0, 0.05) is 6.54 Å². The van der Waals surface area contributed by atoms with Crippen LogP contribution in [0.1, 0.15) is 12.0 Å². The van der Waals surface area contributed by atoms with E-state index in [0.29, 0.717) is 0 Å². The molecule has 0 saturated heterocycles. The van der Waals surface area contributed by atoms with Gasteiger partial charge in [-0.3, -0.25) is 9.69 Å². The van der Waals surface area contributed by atoms with Crippen LogP contribution in [-0.2, 0) is 16.1 Å². The van der Waals surface area contributed by atoms with E-state index in [4.69, 9.17) is 4.74 Å². The van der Waals surface area contributed by atoms with Gasteiger partial charge < -0.3 is 4.74 Å². The van der Waals surface area contributed by atoms with Crippen LogP contribution in [-0.4, -0.2) is 43.1 Å². The molecule has 0 aliphatic heterocycles. The Bertz CT molecular complexity index is 356. The van der Waals surface area contributed by atoms with E-state index in [1.807, 2.05) is 31.5 Å². The Morgan fingerprint density at radius 1 is 1.39 bits per heavy atom. The van der Waals surface area contributed by atoms with Crippen molar-refractivity contribution in [2.75, 3.05) is 26.2 Å². The molecule has 1 aromatic rings. The fourth-order valence-electron chi connectivity index (χ4n) is 1.87. The van der Waals surface area contributed by atoms with Crippen molar-refractivity contribution in [2.24, 2.45) is 0 Å². The van der Waals surface area contributed by atoms with Gasteiger partial charge >= 0.3 is 5.97 Å². The molecule has 0 fully saturated rings. The molecule has 0 saturated carbocycles. The number of likely N-dealkylation sites (N-methyl/N-ethyl adjacent to an activating group) is 1. The lowest BCUT2D eigenvalue weighted by atomic mass is 10.1. The number of benzene rings is 1. The van der Waals surface area contributed by atoms with Crippen LogP contribution in [0, 0.1) is 0 Å². The maximum absolute atomic E-state index is 11.8. The van der Waals surface area contributed by atoms with Crippen molar-refractivity contribution in [3.63, 3.8) is 0 Å². The largest absolute Gasteiger partial charge is 0.468 e. The van der Waals surface area contributed by atoms with Gasteiger partial charge in [0.2, 0.25) is 0 Å². The summed E-state index contributed by atoms with van der Waals surface area (Å²) in [6, 6.07) is 9.99. The number of hydrogen-bond donors (Lipinski definition) is 0. The Balaban J connectivity index is 2.63. The van der Waals surface area contributed by atoms with Gasteiger partial charge in [0.15, 0.2) is 0 Å². The Morgan fingerprint density at radius 3 is 2.61 bits per heavy atom. The van der Waals surface area contributed by atoms with E-state index in [1.54, 1.807) is 11.8 Å². The summed E-state index contributed by atoms with van der Waals surface area (Å²) in [5, 5.41) is 0. The Hall–Kier alpha value is -1.00. The van der Waals surface area contributed by atoms with Gasteiger partial charge in [0.25, 0.3) is 0 Å². The second-order valence-electron chi connectivity index (χ2n) is 4.22. The SMILES string of the molecule is COC(=O)[C@H](CCSC)N(C)Cc1ccccc1. The second-order valence-corrected chi connectivity index (χ2v) is 5.21. The van der Waals surface area contributed by atoms with E-state index in [0.717, 1.165) is 18.7 Å². The van der Waals surface area contributed by atoms with Crippen LogP contribution in [0.2, 0.25) is 0 Å². The van der Waals surface area contributed by atoms with Crippen LogP contribution in [0.4, 0.5) is 0 Å². The normalized spacial score (nSPS) is 12.4. The van der Waals surface area contributed by atoms with Crippen LogP contribution in [0.3, 0.4) is 0 Å². The Kier molecular flexibility index (Phi) is 6.83. The first-order valence-corrected chi connectivity index (χ1v) is 7.39. The van der Waals surface area contributed by atoms with Crippen molar-refractivity contribution in [3.05, 3.63) is 35.9 Å². The standard InChI is InChI=1S/C14H21NO2S/c1-15(11-12-7-5-4-6-8-12)13(9-10-18-3)14(16)17-2/h4-8,13H,9-11H2,1-3H3/t13-/m0/s1. The number of ether oxygens (including phenoxy) is 1. The maximum Gasteiger partial charge on any atom is 0.323 e. The lowest BCUT2D eigenvalue weighted by Crippen LogP contribution is -2.39. The summed E-state index contributed by atoms with van der Waals surface area (Å²) >= 11 is 1.75. The van der Waals surface area contributed by atoms with Crippen LogP contribution in [0.15, 0.2) is 30.3 Å². The molecular weight excluding hydrogens is 246 g/mol. The van der Waals surface area contributed by atoms with E-state index in [-0.39, 0.29) is 12.0 Å². The van der Waals surface area contributed by atoms with Crippen molar-refractivity contribution in [1.82, 2.24) is 4.90 Å². The topological polar surface area (TPSA) is 29.5 Å². The molecule has 0 bridgehead atoms. The minimum absolute atomic E-state index is 0.150. The third-order valence-corrected chi connectivity index (χ3v) is 3.52. The predicted octanol–water partition coefficient (Wildman–Crippen LogP) is 2.41. The first kappa shape index (κ1) is 15.1. The molecule has 1 atom stereocenters. The molecule has 18 heavy (non-hydrogen) atoms. The summed E-state index contributed by atoms with van der Waals surface area (Å²) in [5.74, 6) is 0.807. The molecule has 4 heteroatoms. The molecule has 0 aliphatic rings. The van der Waals surface area contributed by atoms with Gasteiger partial charge in [-0.05, 0) is 31.0 Å². The molecule has 0 aliphatic carbocycles. The van der Waals surface area contributed by atoms with E-state index in [1.165, 1.54) is 12.7 Å². The Labute approximate surface area is 114 Å². The lowest BCUT2D eigenvalue weighted by Gasteiger charge is -2.25. The monoisotopic (exact) mass is 267 g/mol. The molecule has 1 aromatic carbocycles. The molecule has 0 heterocycles. The summed E-state index contributed by atoms with van der Waals surface area (Å²) in [7, 11) is 3.42. The van der Waals surface area contributed by atoms with Gasteiger partial charge in [-0.1, -0.05) is 30.3 Å². The number of carbonyl (C=O) groups excluding carboxylic acids is 1.